The predicted octanol–water partition coefficient (Wildman–Crippen LogP) is 3.64. The van der Waals surface area contributed by atoms with Crippen molar-refractivity contribution in [3.63, 3.8) is 0 Å². The van der Waals surface area contributed by atoms with Crippen molar-refractivity contribution >= 4 is 18.3 Å². The second kappa shape index (κ2) is 8.20. The number of hydrogen-bond donors (Lipinski definition) is 0. The SMILES string of the molecule is CCCC1(C)OB(c2ccc(N3CCN(CC4CC(F)C4)CC3)cc2)OC1(C)C. The lowest BCUT2D eigenvalue weighted by Gasteiger charge is -2.40. The van der Waals surface area contributed by atoms with Gasteiger partial charge in [-0.2, -0.15) is 0 Å². The van der Waals surface area contributed by atoms with E-state index in [2.05, 4.69) is 61.8 Å². The first-order valence-corrected chi connectivity index (χ1v) is 11.4. The third-order valence-corrected chi connectivity index (χ3v) is 7.37. The number of piperazine rings is 1. The van der Waals surface area contributed by atoms with E-state index in [0.29, 0.717) is 5.92 Å². The summed E-state index contributed by atoms with van der Waals surface area (Å²) in [7, 11) is -0.297. The van der Waals surface area contributed by atoms with Crippen molar-refractivity contribution in [2.45, 2.75) is 70.8 Å². The summed E-state index contributed by atoms with van der Waals surface area (Å²) in [4.78, 5) is 4.94. The van der Waals surface area contributed by atoms with Gasteiger partial charge in [0.25, 0.3) is 0 Å². The van der Waals surface area contributed by atoms with Crippen LogP contribution in [-0.2, 0) is 9.31 Å². The molecule has 0 spiro atoms. The van der Waals surface area contributed by atoms with E-state index in [-0.39, 0.29) is 18.3 Å². The summed E-state index contributed by atoms with van der Waals surface area (Å²) in [6, 6.07) is 8.69. The Morgan fingerprint density at radius 2 is 1.69 bits per heavy atom. The molecule has 2 heterocycles. The summed E-state index contributed by atoms with van der Waals surface area (Å²) < 4.78 is 25.7. The molecule has 2 saturated heterocycles. The Hall–Kier alpha value is -1.11. The minimum absolute atomic E-state index is 0.260. The molecule has 1 atom stereocenters. The number of hydrogen-bond acceptors (Lipinski definition) is 4. The zero-order valence-corrected chi connectivity index (χ0v) is 18.5. The Bertz CT molecular complexity index is 687. The normalized spacial score (nSPS) is 32.4. The van der Waals surface area contributed by atoms with Crippen molar-refractivity contribution in [3.05, 3.63) is 24.3 Å². The maximum Gasteiger partial charge on any atom is 0.494 e. The fraction of sp³-hybridized carbons (Fsp3) is 0.739. The molecular formula is C23H36BFN2O2. The summed E-state index contributed by atoms with van der Waals surface area (Å²) in [5.41, 5.74) is 1.79. The van der Waals surface area contributed by atoms with Crippen LogP contribution in [-0.4, -0.2) is 62.1 Å². The highest BCUT2D eigenvalue weighted by atomic mass is 19.1. The van der Waals surface area contributed by atoms with Crippen molar-refractivity contribution in [2.75, 3.05) is 37.6 Å². The first-order valence-electron chi connectivity index (χ1n) is 11.4. The van der Waals surface area contributed by atoms with Gasteiger partial charge < -0.3 is 14.2 Å². The zero-order chi connectivity index (χ0) is 20.6. The first-order chi connectivity index (χ1) is 13.8. The largest absolute Gasteiger partial charge is 0.494 e. The molecule has 29 heavy (non-hydrogen) atoms. The minimum Gasteiger partial charge on any atom is -0.399 e. The summed E-state index contributed by atoms with van der Waals surface area (Å²) >= 11 is 0. The van der Waals surface area contributed by atoms with E-state index in [9.17, 15) is 4.39 Å². The molecule has 1 saturated carbocycles. The van der Waals surface area contributed by atoms with Crippen LogP contribution in [0.4, 0.5) is 10.1 Å². The van der Waals surface area contributed by atoms with Gasteiger partial charge in [-0.1, -0.05) is 25.5 Å². The highest BCUT2D eigenvalue weighted by molar-refractivity contribution is 6.62. The summed E-state index contributed by atoms with van der Waals surface area (Å²) in [5, 5.41) is 0. The zero-order valence-electron chi connectivity index (χ0n) is 18.5. The quantitative estimate of drug-likeness (QED) is 0.679. The molecule has 0 N–H and O–H groups in total. The third-order valence-electron chi connectivity index (χ3n) is 7.37. The molecule has 1 aliphatic carbocycles. The molecule has 1 aromatic rings. The molecule has 0 aromatic heterocycles. The van der Waals surface area contributed by atoms with Gasteiger partial charge >= 0.3 is 7.12 Å². The minimum atomic E-state index is -0.543. The van der Waals surface area contributed by atoms with Crippen molar-refractivity contribution in [2.24, 2.45) is 5.92 Å². The van der Waals surface area contributed by atoms with E-state index in [1.54, 1.807) is 0 Å². The Morgan fingerprint density at radius 3 is 2.28 bits per heavy atom. The molecule has 1 unspecified atom stereocenters. The fourth-order valence-corrected chi connectivity index (χ4v) is 4.97. The van der Waals surface area contributed by atoms with Crippen molar-refractivity contribution < 1.29 is 13.7 Å². The van der Waals surface area contributed by atoms with E-state index in [0.717, 1.165) is 63.9 Å². The number of anilines is 1. The molecule has 4 nitrogen and oxygen atoms in total. The summed E-state index contributed by atoms with van der Waals surface area (Å²) in [5.74, 6) is 0.574. The topological polar surface area (TPSA) is 24.9 Å². The van der Waals surface area contributed by atoms with Crippen LogP contribution >= 0.6 is 0 Å². The van der Waals surface area contributed by atoms with E-state index >= 15 is 0 Å². The van der Waals surface area contributed by atoms with Crippen molar-refractivity contribution in [1.82, 2.24) is 4.90 Å². The molecule has 0 radical (unpaired) electrons. The number of halogens is 1. The van der Waals surface area contributed by atoms with Gasteiger partial charge in [0.05, 0.1) is 11.2 Å². The third kappa shape index (κ3) is 4.35. The van der Waals surface area contributed by atoms with Crippen LogP contribution in [0, 0.1) is 5.92 Å². The molecule has 0 amide bonds. The highest BCUT2D eigenvalue weighted by Gasteiger charge is 2.53. The van der Waals surface area contributed by atoms with Gasteiger partial charge in [-0.05, 0) is 63.5 Å². The van der Waals surface area contributed by atoms with Gasteiger partial charge in [0.15, 0.2) is 0 Å². The number of rotatable bonds is 6. The van der Waals surface area contributed by atoms with Gasteiger partial charge in [-0.25, -0.2) is 4.39 Å². The highest BCUT2D eigenvalue weighted by Crippen LogP contribution is 2.40. The number of nitrogens with zero attached hydrogens (tertiary/aromatic N) is 2. The van der Waals surface area contributed by atoms with Crippen LogP contribution in [0.1, 0.15) is 53.4 Å². The molecule has 4 rings (SSSR count). The van der Waals surface area contributed by atoms with E-state index in [4.69, 9.17) is 9.31 Å². The monoisotopic (exact) mass is 402 g/mol. The van der Waals surface area contributed by atoms with E-state index in [1.807, 2.05) is 0 Å². The van der Waals surface area contributed by atoms with Crippen LogP contribution in [0.15, 0.2) is 24.3 Å². The number of alkyl halides is 1. The molecule has 160 valence electrons. The Morgan fingerprint density at radius 1 is 1.03 bits per heavy atom. The Kier molecular flexibility index (Phi) is 5.98. The van der Waals surface area contributed by atoms with E-state index < -0.39 is 6.17 Å². The lowest BCUT2D eigenvalue weighted by Crippen LogP contribution is -2.49. The molecule has 6 heteroatoms. The maximum absolute atomic E-state index is 13.0. The summed E-state index contributed by atoms with van der Waals surface area (Å²) in [6.45, 7) is 13.9. The Balaban J connectivity index is 1.32. The lowest BCUT2D eigenvalue weighted by atomic mass is 9.79. The van der Waals surface area contributed by atoms with Gasteiger partial charge in [0.1, 0.15) is 6.17 Å². The lowest BCUT2D eigenvalue weighted by molar-refractivity contribution is -0.0159. The standard InChI is InChI=1S/C23H36BFN2O2/c1-5-10-23(4)22(2,3)28-24(29-23)19-6-8-21(9-7-19)27-13-11-26(12-14-27)17-18-15-20(25)16-18/h6-9,18,20H,5,10-17H2,1-4H3. The summed E-state index contributed by atoms with van der Waals surface area (Å²) in [6.07, 6.45) is 3.06. The molecule has 2 aliphatic heterocycles. The molecule has 3 fully saturated rings. The average Bonchev–Trinajstić information content (AvgIpc) is 2.91. The van der Waals surface area contributed by atoms with Crippen LogP contribution in [0.2, 0.25) is 0 Å². The molecule has 3 aliphatic rings. The Labute approximate surface area is 175 Å². The predicted molar refractivity (Wildman–Crippen MR) is 118 cm³/mol. The van der Waals surface area contributed by atoms with Crippen LogP contribution in [0.5, 0.6) is 0 Å². The first kappa shape index (κ1) is 21.1. The molecule has 1 aromatic carbocycles. The molecular weight excluding hydrogens is 366 g/mol. The second-order valence-corrected chi connectivity index (χ2v) is 9.87. The van der Waals surface area contributed by atoms with Crippen LogP contribution in [0.25, 0.3) is 0 Å². The van der Waals surface area contributed by atoms with Gasteiger partial charge in [0.2, 0.25) is 0 Å². The van der Waals surface area contributed by atoms with Crippen LogP contribution < -0.4 is 10.4 Å². The second-order valence-electron chi connectivity index (χ2n) is 9.87. The van der Waals surface area contributed by atoms with Crippen LogP contribution in [0.3, 0.4) is 0 Å². The maximum atomic E-state index is 13.0. The molecule has 0 bridgehead atoms. The van der Waals surface area contributed by atoms with Gasteiger partial charge in [0, 0.05) is 38.4 Å². The van der Waals surface area contributed by atoms with Crippen molar-refractivity contribution in [3.8, 4) is 0 Å². The van der Waals surface area contributed by atoms with E-state index in [1.165, 1.54) is 5.69 Å². The fourth-order valence-electron chi connectivity index (χ4n) is 4.97. The van der Waals surface area contributed by atoms with Gasteiger partial charge in [-0.3, -0.25) is 4.90 Å². The smallest absolute Gasteiger partial charge is 0.399 e. The van der Waals surface area contributed by atoms with Gasteiger partial charge in [-0.15, -0.1) is 0 Å². The average molecular weight is 402 g/mol. The number of benzene rings is 1. The van der Waals surface area contributed by atoms with Crippen molar-refractivity contribution in [1.29, 1.82) is 0 Å².